The maximum atomic E-state index is 12.6. The number of carboxylic acid groups (broad SMARTS) is 1. The van der Waals surface area contributed by atoms with Crippen LogP contribution in [0.3, 0.4) is 0 Å². The maximum absolute atomic E-state index is 12.6. The van der Waals surface area contributed by atoms with Crippen molar-refractivity contribution in [2.45, 2.75) is 37.6 Å². The summed E-state index contributed by atoms with van der Waals surface area (Å²) in [6.45, 7) is 0. The van der Waals surface area contributed by atoms with Crippen molar-refractivity contribution in [3.63, 3.8) is 0 Å². The van der Waals surface area contributed by atoms with Gasteiger partial charge >= 0.3 is 5.97 Å². The van der Waals surface area contributed by atoms with Crippen LogP contribution in [0.1, 0.15) is 52.1 Å². The largest absolute Gasteiger partial charge is 0.477 e. The van der Waals surface area contributed by atoms with Gasteiger partial charge in [0.15, 0.2) is 0 Å². The molecule has 0 unspecified atom stereocenters. The molecule has 2 N–H and O–H groups in total. The molecule has 1 aromatic heterocycles. The van der Waals surface area contributed by atoms with Crippen molar-refractivity contribution in [3.8, 4) is 0 Å². The summed E-state index contributed by atoms with van der Waals surface area (Å²) in [4.78, 5) is 27.4. The standard InChI is InChI=1S/C19H20N2O3/c22-17(15-8-11-20-16(12-15)18(23)24)21-19(9-4-5-10-19)13-14-6-2-1-3-7-14/h1-3,6-8,11-12H,4-5,9-10,13H2,(H,21,22)(H,23,24). The average molecular weight is 324 g/mol. The summed E-state index contributed by atoms with van der Waals surface area (Å²) < 4.78 is 0. The van der Waals surface area contributed by atoms with Crippen molar-refractivity contribution in [3.05, 3.63) is 65.5 Å². The number of pyridine rings is 1. The zero-order chi connectivity index (χ0) is 17.0. The van der Waals surface area contributed by atoms with E-state index in [0.29, 0.717) is 5.56 Å². The van der Waals surface area contributed by atoms with Crippen LogP contribution in [0.4, 0.5) is 0 Å². The minimum atomic E-state index is -1.13. The van der Waals surface area contributed by atoms with Gasteiger partial charge in [-0.05, 0) is 37.0 Å². The molecule has 1 aliphatic carbocycles. The molecule has 2 aromatic rings. The van der Waals surface area contributed by atoms with Gasteiger partial charge in [-0.1, -0.05) is 43.2 Å². The predicted molar refractivity (Wildman–Crippen MR) is 90.0 cm³/mol. The van der Waals surface area contributed by atoms with E-state index in [9.17, 15) is 9.59 Å². The van der Waals surface area contributed by atoms with Gasteiger partial charge in [-0.3, -0.25) is 4.79 Å². The molecule has 1 aliphatic rings. The predicted octanol–water partition coefficient (Wildman–Crippen LogP) is 3.07. The number of carbonyl (C=O) groups excluding carboxylic acids is 1. The molecule has 0 atom stereocenters. The van der Waals surface area contributed by atoms with Gasteiger partial charge in [-0.25, -0.2) is 9.78 Å². The van der Waals surface area contributed by atoms with Crippen molar-refractivity contribution < 1.29 is 14.7 Å². The first-order valence-electron chi connectivity index (χ1n) is 8.14. The summed E-state index contributed by atoms with van der Waals surface area (Å²) >= 11 is 0. The molecule has 1 saturated carbocycles. The lowest BCUT2D eigenvalue weighted by Gasteiger charge is -2.30. The zero-order valence-electron chi connectivity index (χ0n) is 13.4. The summed E-state index contributed by atoms with van der Waals surface area (Å²) in [5.74, 6) is -1.37. The first-order valence-corrected chi connectivity index (χ1v) is 8.14. The molecule has 1 amide bonds. The summed E-state index contributed by atoms with van der Waals surface area (Å²) in [7, 11) is 0. The quantitative estimate of drug-likeness (QED) is 0.886. The Labute approximate surface area is 140 Å². The fourth-order valence-electron chi connectivity index (χ4n) is 3.39. The number of aromatic carboxylic acids is 1. The van der Waals surface area contributed by atoms with Crippen LogP contribution >= 0.6 is 0 Å². The van der Waals surface area contributed by atoms with E-state index in [0.717, 1.165) is 32.1 Å². The van der Waals surface area contributed by atoms with Crippen LogP contribution in [0.5, 0.6) is 0 Å². The van der Waals surface area contributed by atoms with Crippen LogP contribution in [0, 0.1) is 0 Å². The molecule has 0 saturated heterocycles. The highest BCUT2D eigenvalue weighted by atomic mass is 16.4. The number of carboxylic acids is 1. The van der Waals surface area contributed by atoms with Gasteiger partial charge in [-0.2, -0.15) is 0 Å². The molecule has 1 aromatic carbocycles. The normalized spacial score (nSPS) is 15.8. The molecule has 5 heteroatoms. The molecule has 5 nitrogen and oxygen atoms in total. The number of nitrogens with zero attached hydrogens (tertiary/aromatic N) is 1. The Morgan fingerprint density at radius 1 is 1.12 bits per heavy atom. The lowest BCUT2D eigenvalue weighted by Crippen LogP contribution is -2.48. The SMILES string of the molecule is O=C(NC1(Cc2ccccc2)CCCC1)c1ccnc(C(=O)O)c1. The van der Waals surface area contributed by atoms with Crippen molar-refractivity contribution >= 4 is 11.9 Å². The van der Waals surface area contributed by atoms with Gasteiger partial charge in [0.1, 0.15) is 5.69 Å². The van der Waals surface area contributed by atoms with Crippen molar-refractivity contribution in [1.82, 2.24) is 10.3 Å². The van der Waals surface area contributed by atoms with Gasteiger partial charge in [0.05, 0.1) is 0 Å². The molecule has 0 radical (unpaired) electrons. The molecular formula is C19H20N2O3. The first kappa shape index (κ1) is 16.2. The number of benzene rings is 1. The second-order valence-electron chi connectivity index (χ2n) is 6.34. The first-order chi connectivity index (χ1) is 11.6. The Morgan fingerprint density at radius 3 is 2.50 bits per heavy atom. The fourth-order valence-corrected chi connectivity index (χ4v) is 3.39. The fraction of sp³-hybridized carbons (Fsp3) is 0.316. The lowest BCUT2D eigenvalue weighted by molar-refractivity contribution is 0.0690. The highest BCUT2D eigenvalue weighted by Gasteiger charge is 2.35. The monoisotopic (exact) mass is 324 g/mol. The smallest absolute Gasteiger partial charge is 0.354 e. The third-order valence-electron chi connectivity index (χ3n) is 4.57. The van der Waals surface area contributed by atoms with E-state index in [1.54, 1.807) is 6.07 Å². The van der Waals surface area contributed by atoms with Crippen molar-refractivity contribution in [2.24, 2.45) is 0 Å². The van der Waals surface area contributed by atoms with Gasteiger partial charge in [-0.15, -0.1) is 0 Å². The number of rotatable bonds is 5. The van der Waals surface area contributed by atoms with E-state index in [4.69, 9.17) is 5.11 Å². The number of carbonyl (C=O) groups is 2. The molecule has 124 valence electrons. The van der Waals surface area contributed by atoms with Crippen LogP contribution in [-0.4, -0.2) is 27.5 Å². The van der Waals surface area contributed by atoms with Crippen molar-refractivity contribution in [2.75, 3.05) is 0 Å². The number of hydrogen-bond donors (Lipinski definition) is 2. The van der Waals surface area contributed by atoms with Crippen LogP contribution in [0.2, 0.25) is 0 Å². The molecule has 0 bridgehead atoms. The minimum Gasteiger partial charge on any atom is -0.477 e. The Kier molecular flexibility index (Phi) is 4.60. The van der Waals surface area contributed by atoms with Crippen LogP contribution in [0.25, 0.3) is 0 Å². The summed E-state index contributed by atoms with van der Waals surface area (Å²) in [6.07, 6.45) is 6.19. The Balaban J connectivity index is 1.79. The molecular weight excluding hydrogens is 304 g/mol. The highest BCUT2D eigenvalue weighted by molar-refractivity contribution is 5.97. The third kappa shape index (κ3) is 3.62. The molecule has 1 heterocycles. The number of nitrogens with one attached hydrogen (secondary N) is 1. The van der Waals surface area contributed by atoms with Crippen LogP contribution in [-0.2, 0) is 6.42 Å². The van der Waals surface area contributed by atoms with E-state index < -0.39 is 5.97 Å². The van der Waals surface area contributed by atoms with Crippen LogP contribution < -0.4 is 5.32 Å². The Hall–Kier alpha value is -2.69. The molecule has 0 spiro atoms. The van der Waals surface area contributed by atoms with E-state index in [-0.39, 0.29) is 17.1 Å². The lowest BCUT2D eigenvalue weighted by atomic mass is 9.88. The van der Waals surface area contributed by atoms with Gasteiger partial charge in [0.2, 0.25) is 0 Å². The van der Waals surface area contributed by atoms with Gasteiger partial charge in [0, 0.05) is 17.3 Å². The van der Waals surface area contributed by atoms with E-state index in [2.05, 4.69) is 22.4 Å². The number of amides is 1. The number of hydrogen-bond acceptors (Lipinski definition) is 3. The van der Waals surface area contributed by atoms with E-state index in [1.807, 2.05) is 18.2 Å². The van der Waals surface area contributed by atoms with E-state index in [1.165, 1.54) is 17.8 Å². The van der Waals surface area contributed by atoms with Crippen molar-refractivity contribution in [1.29, 1.82) is 0 Å². The highest BCUT2D eigenvalue weighted by Crippen LogP contribution is 2.33. The van der Waals surface area contributed by atoms with Gasteiger partial charge in [0.25, 0.3) is 5.91 Å². The molecule has 24 heavy (non-hydrogen) atoms. The Bertz CT molecular complexity index is 737. The maximum Gasteiger partial charge on any atom is 0.354 e. The molecule has 1 fully saturated rings. The van der Waals surface area contributed by atoms with Crippen LogP contribution in [0.15, 0.2) is 48.7 Å². The minimum absolute atomic E-state index is 0.119. The summed E-state index contributed by atoms with van der Waals surface area (Å²) in [5, 5.41) is 12.2. The topological polar surface area (TPSA) is 79.3 Å². The summed E-state index contributed by atoms with van der Waals surface area (Å²) in [5.41, 5.74) is 1.15. The second-order valence-corrected chi connectivity index (χ2v) is 6.34. The molecule has 3 rings (SSSR count). The van der Waals surface area contributed by atoms with E-state index >= 15 is 0 Å². The average Bonchev–Trinajstić information content (AvgIpc) is 3.04. The Morgan fingerprint density at radius 2 is 1.83 bits per heavy atom. The summed E-state index contributed by atoms with van der Waals surface area (Å²) in [6, 6.07) is 13.0. The molecule has 0 aliphatic heterocycles. The number of aromatic nitrogens is 1. The zero-order valence-corrected chi connectivity index (χ0v) is 13.4. The third-order valence-corrected chi connectivity index (χ3v) is 4.57. The van der Waals surface area contributed by atoms with Gasteiger partial charge < -0.3 is 10.4 Å². The second kappa shape index (κ2) is 6.83.